The van der Waals surface area contributed by atoms with Crippen molar-refractivity contribution in [3.05, 3.63) is 65.3 Å². The molecular formula is C19H14BrN5O2. The van der Waals surface area contributed by atoms with E-state index < -0.39 is 0 Å². The number of H-pyrrole nitrogens is 1. The molecule has 27 heavy (non-hydrogen) atoms. The van der Waals surface area contributed by atoms with E-state index >= 15 is 0 Å². The maximum absolute atomic E-state index is 12.1. The van der Waals surface area contributed by atoms with E-state index in [9.17, 15) is 4.79 Å². The number of hydrogen-bond donors (Lipinski definition) is 2. The Morgan fingerprint density at radius 2 is 1.96 bits per heavy atom. The summed E-state index contributed by atoms with van der Waals surface area (Å²) in [7, 11) is 0. The Morgan fingerprint density at radius 1 is 1.11 bits per heavy atom. The van der Waals surface area contributed by atoms with Crippen LogP contribution < -0.4 is 10.1 Å². The molecule has 7 nitrogen and oxygen atoms in total. The first-order chi connectivity index (χ1) is 13.2. The number of hydrogen-bond acceptors (Lipinski definition) is 5. The standard InChI is InChI=1S/C19H14BrN5O2/c20-17-13-6-2-1-5-12(13)8-9-15(17)27-11-16(26)22-19-23-18(24-25-19)14-7-3-4-10-21-14/h1-10H,11H2,(H2,22,23,24,25,26). The van der Waals surface area contributed by atoms with Crippen molar-refractivity contribution in [2.45, 2.75) is 0 Å². The first kappa shape index (κ1) is 17.2. The first-order valence-electron chi connectivity index (χ1n) is 8.14. The van der Waals surface area contributed by atoms with E-state index in [1.807, 2.05) is 48.5 Å². The molecular weight excluding hydrogens is 410 g/mol. The van der Waals surface area contributed by atoms with Crippen molar-refractivity contribution in [1.29, 1.82) is 0 Å². The number of benzene rings is 2. The number of pyridine rings is 1. The van der Waals surface area contributed by atoms with Crippen molar-refractivity contribution < 1.29 is 9.53 Å². The number of rotatable bonds is 5. The number of ether oxygens (including phenoxy) is 1. The summed E-state index contributed by atoms with van der Waals surface area (Å²) in [5.41, 5.74) is 0.641. The number of carbonyl (C=O) groups is 1. The number of carbonyl (C=O) groups excluding carboxylic acids is 1. The van der Waals surface area contributed by atoms with Crippen LogP contribution in [0.15, 0.2) is 65.3 Å². The quantitative estimate of drug-likeness (QED) is 0.509. The van der Waals surface area contributed by atoms with Gasteiger partial charge in [0.1, 0.15) is 11.4 Å². The molecule has 0 fully saturated rings. The number of anilines is 1. The zero-order valence-electron chi connectivity index (χ0n) is 14.0. The molecule has 0 radical (unpaired) electrons. The van der Waals surface area contributed by atoms with Gasteiger partial charge in [0.25, 0.3) is 5.91 Å². The lowest BCUT2D eigenvalue weighted by Gasteiger charge is -2.09. The smallest absolute Gasteiger partial charge is 0.264 e. The van der Waals surface area contributed by atoms with Gasteiger partial charge in [0.2, 0.25) is 5.95 Å². The lowest BCUT2D eigenvalue weighted by atomic mass is 10.1. The van der Waals surface area contributed by atoms with Gasteiger partial charge in [0.15, 0.2) is 12.4 Å². The second kappa shape index (κ2) is 7.55. The Labute approximate surface area is 162 Å². The largest absolute Gasteiger partial charge is 0.483 e. The van der Waals surface area contributed by atoms with Crippen LogP contribution in [0.2, 0.25) is 0 Å². The maximum Gasteiger partial charge on any atom is 0.264 e. The lowest BCUT2D eigenvalue weighted by molar-refractivity contribution is -0.118. The second-order valence-electron chi connectivity index (χ2n) is 5.66. The highest BCUT2D eigenvalue weighted by atomic mass is 79.9. The van der Waals surface area contributed by atoms with Gasteiger partial charge in [-0.2, -0.15) is 4.98 Å². The molecule has 0 saturated heterocycles. The SMILES string of the molecule is O=C(COc1ccc2ccccc2c1Br)Nc1n[nH]c(-c2ccccn2)n1. The van der Waals surface area contributed by atoms with Gasteiger partial charge in [-0.1, -0.05) is 36.4 Å². The molecule has 0 aliphatic rings. The number of nitrogens with one attached hydrogen (secondary N) is 2. The molecule has 2 aromatic carbocycles. The number of aromatic amines is 1. The van der Waals surface area contributed by atoms with Crippen LogP contribution in [-0.2, 0) is 4.79 Å². The van der Waals surface area contributed by atoms with E-state index in [2.05, 4.69) is 41.4 Å². The van der Waals surface area contributed by atoms with Crippen molar-refractivity contribution in [3.8, 4) is 17.3 Å². The van der Waals surface area contributed by atoms with E-state index in [1.165, 1.54) is 0 Å². The molecule has 0 bridgehead atoms. The minimum Gasteiger partial charge on any atom is -0.483 e. The van der Waals surface area contributed by atoms with Crippen LogP contribution in [0.25, 0.3) is 22.3 Å². The Morgan fingerprint density at radius 3 is 2.81 bits per heavy atom. The van der Waals surface area contributed by atoms with Gasteiger partial charge in [0, 0.05) is 6.20 Å². The summed E-state index contributed by atoms with van der Waals surface area (Å²) in [5, 5.41) is 11.4. The number of aromatic nitrogens is 4. The number of nitrogens with zero attached hydrogens (tertiary/aromatic N) is 3. The van der Waals surface area contributed by atoms with Gasteiger partial charge in [0.05, 0.1) is 4.47 Å². The van der Waals surface area contributed by atoms with Gasteiger partial charge in [-0.3, -0.25) is 20.2 Å². The van der Waals surface area contributed by atoms with E-state index in [4.69, 9.17) is 4.74 Å². The average molecular weight is 424 g/mol. The van der Waals surface area contributed by atoms with E-state index in [0.717, 1.165) is 15.2 Å². The number of fused-ring (bicyclic) bond motifs is 1. The van der Waals surface area contributed by atoms with Crippen LogP contribution >= 0.6 is 15.9 Å². The molecule has 0 unspecified atom stereocenters. The van der Waals surface area contributed by atoms with Crippen molar-refractivity contribution >= 4 is 38.6 Å². The first-order valence-corrected chi connectivity index (χ1v) is 8.94. The van der Waals surface area contributed by atoms with Crippen molar-refractivity contribution in [3.63, 3.8) is 0 Å². The fourth-order valence-electron chi connectivity index (χ4n) is 2.56. The van der Waals surface area contributed by atoms with Crippen molar-refractivity contribution in [1.82, 2.24) is 20.2 Å². The third-order valence-corrected chi connectivity index (χ3v) is 4.65. The number of amides is 1. The molecule has 4 aromatic rings. The molecule has 0 atom stereocenters. The summed E-state index contributed by atoms with van der Waals surface area (Å²) in [6.07, 6.45) is 1.66. The van der Waals surface area contributed by atoms with Gasteiger partial charge in [-0.25, -0.2) is 0 Å². The normalized spacial score (nSPS) is 10.7. The van der Waals surface area contributed by atoms with Crippen LogP contribution in [0.3, 0.4) is 0 Å². The van der Waals surface area contributed by atoms with Gasteiger partial charge in [-0.15, -0.1) is 5.10 Å². The van der Waals surface area contributed by atoms with Crippen molar-refractivity contribution in [2.75, 3.05) is 11.9 Å². The summed E-state index contributed by atoms with van der Waals surface area (Å²) in [6.45, 7) is -0.162. The molecule has 2 aromatic heterocycles. The predicted octanol–water partition coefficient (Wildman–Crippen LogP) is 3.80. The molecule has 0 spiro atoms. The van der Waals surface area contributed by atoms with Crippen LogP contribution in [-0.4, -0.2) is 32.7 Å². The van der Waals surface area contributed by atoms with E-state index in [-0.39, 0.29) is 18.5 Å². The monoisotopic (exact) mass is 423 g/mol. The molecule has 2 N–H and O–H groups in total. The van der Waals surface area contributed by atoms with Crippen LogP contribution in [0.1, 0.15) is 0 Å². The summed E-state index contributed by atoms with van der Waals surface area (Å²) >= 11 is 3.53. The Kier molecular flexibility index (Phi) is 4.80. The minimum absolute atomic E-state index is 0.162. The molecule has 4 rings (SSSR count). The molecule has 8 heteroatoms. The van der Waals surface area contributed by atoms with Crippen LogP contribution in [0.5, 0.6) is 5.75 Å². The molecule has 1 amide bonds. The van der Waals surface area contributed by atoms with Crippen LogP contribution in [0.4, 0.5) is 5.95 Å². The third-order valence-electron chi connectivity index (χ3n) is 3.83. The molecule has 0 aliphatic carbocycles. The zero-order chi connectivity index (χ0) is 18.6. The molecule has 0 saturated carbocycles. The fourth-order valence-corrected chi connectivity index (χ4v) is 3.17. The fraction of sp³-hybridized carbons (Fsp3) is 0.0526. The molecule has 2 heterocycles. The minimum atomic E-state index is -0.360. The maximum atomic E-state index is 12.1. The molecule has 134 valence electrons. The van der Waals surface area contributed by atoms with Crippen LogP contribution in [0, 0.1) is 0 Å². The highest BCUT2D eigenvalue weighted by Gasteiger charge is 2.12. The highest BCUT2D eigenvalue weighted by Crippen LogP contribution is 2.32. The summed E-state index contributed by atoms with van der Waals surface area (Å²) in [6, 6.07) is 17.1. The second-order valence-corrected chi connectivity index (χ2v) is 6.45. The Bertz CT molecular complexity index is 1100. The molecule has 0 aliphatic heterocycles. The zero-order valence-corrected chi connectivity index (χ0v) is 15.6. The lowest BCUT2D eigenvalue weighted by Crippen LogP contribution is -2.21. The van der Waals surface area contributed by atoms with E-state index in [0.29, 0.717) is 17.3 Å². The Hall–Kier alpha value is -3.26. The highest BCUT2D eigenvalue weighted by molar-refractivity contribution is 9.10. The number of halogens is 1. The summed E-state index contributed by atoms with van der Waals surface area (Å²) < 4.78 is 6.44. The van der Waals surface area contributed by atoms with Gasteiger partial charge >= 0.3 is 0 Å². The third kappa shape index (κ3) is 3.80. The summed E-state index contributed by atoms with van der Waals surface area (Å²) in [4.78, 5) is 20.5. The van der Waals surface area contributed by atoms with Gasteiger partial charge in [-0.05, 0) is 44.9 Å². The summed E-state index contributed by atoms with van der Waals surface area (Å²) in [5.74, 6) is 0.876. The Balaban J connectivity index is 1.40. The van der Waals surface area contributed by atoms with Gasteiger partial charge < -0.3 is 4.74 Å². The average Bonchev–Trinajstić information content (AvgIpc) is 3.17. The van der Waals surface area contributed by atoms with E-state index in [1.54, 1.807) is 12.3 Å². The topological polar surface area (TPSA) is 92.8 Å². The van der Waals surface area contributed by atoms with Crippen molar-refractivity contribution in [2.24, 2.45) is 0 Å². The predicted molar refractivity (Wildman–Crippen MR) is 105 cm³/mol.